The van der Waals surface area contributed by atoms with Crippen molar-refractivity contribution in [3.05, 3.63) is 12.3 Å². The van der Waals surface area contributed by atoms with Gasteiger partial charge >= 0.3 is 0 Å². The van der Waals surface area contributed by atoms with E-state index in [0.29, 0.717) is 0 Å². The molecule has 0 bridgehead atoms. The predicted molar refractivity (Wildman–Crippen MR) is 59.6 cm³/mol. The molecule has 1 saturated heterocycles. The van der Waals surface area contributed by atoms with Crippen LogP contribution in [0.1, 0.15) is 0 Å². The second-order valence-corrected chi connectivity index (χ2v) is 4.28. The van der Waals surface area contributed by atoms with Gasteiger partial charge in [0, 0.05) is 6.20 Å². The van der Waals surface area contributed by atoms with Gasteiger partial charge < -0.3 is 30.3 Å². The molecular formula is C10H18FN3O4. The number of nitrogens with one attached hydrogen (secondary N) is 2. The molecule has 6 atom stereocenters. The number of halogens is 1. The van der Waals surface area contributed by atoms with Gasteiger partial charge in [-0.15, -0.1) is 0 Å². The van der Waals surface area contributed by atoms with Gasteiger partial charge in [0.15, 0.2) is 18.8 Å². The minimum absolute atomic E-state index is 0.313. The van der Waals surface area contributed by atoms with Gasteiger partial charge in [0.1, 0.15) is 12.3 Å². The lowest BCUT2D eigenvalue weighted by molar-refractivity contribution is -0.146. The summed E-state index contributed by atoms with van der Waals surface area (Å²) in [7, 11) is 1.58. The van der Waals surface area contributed by atoms with Gasteiger partial charge in [-0.05, 0) is 13.1 Å². The number of likely N-dealkylation sites (N-methyl/N-ethyl adjacent to an activating group) is 1. The Balaban J connectivity index is 2.12. The van der Waals surface area contributed by atoms with Crippen LogP contribution >= 0.6 is 0 Å². The molecule has 0 aromatic carbocycles. The summed E-state index contributed by atoms with van der Waals surface area (Å²) in [6, 6.07) is -0.646. The van der Waals surface area contributed by atoms with E-state index in [1.807, 2.05) is 0 Å². The largest absolute Gasteiger partial charge is 0.394 e. The maximum absolute atomic E-state index is 14.2. The topological polar surface area (TPSA) is 97.2 Å². The molecule has 2 aliphatic heterocycles. The highest BCUT2D eigenvalue weighted by Crippen LogP contribution is 2.28. The fourth-order valence-electron chi connectivity index (χ4n) is 2.24. The van der Waals surface area contributed by atoms with Gasteiger partial charge in [0.25, 0.3) is 0 Å². The average molecular weight is 263 g/mol. The lowest BCUT2D eigenvalue weighted by atomic mass is 10.1. The van der Waals surface area contributed by atoms with Crippen molar-refractivity contribution in [3.63, 3.8) is 0 Å². The summed E-state index contributed by atoms with van der Waals surface area (Å²) in [5.74, 6) is 0. The number of hydrogen-bond donors (Lipinski definition) is 5. The molecule has 3 unspecified atom stereocenters. The maximum Gasteiger partial charge on any atom is 0.187 e. The molecule has 8 heteroatoms. The Kier molecular flexibility index (Phi) is 4.15. The van der Waals surface area contributed by atoms with Crippen LogP contribution < -0.4 is 10.6 Å². The van der Waals surface area contributed by atoms with Gasteiger partial charge in [0.05, 0.1) is 12.6 Å². The van der Waals surface area contributed by atoms with Crippen LogP contribution in [0.25, 0.3) is 0 Å². The Hall–Kier alpha value is -0.770. The molecule has 2 heterocycles. The number of ether oxygens (including phenoxy) is 1. The molecule has 0 amide bonds. The third-order valence-corrected chi connectivity index (χ3v) is 3.18. The van der Waals surface area contributed by atoms with E-state index in [0.717, 1.165) is 0 Å². The van der Waals surface area contributed by atoms with Crippen molar-refractivity contribution in [2.45, 2.75) is 37.1 Å². The van der Waals surface area contributed by atoms with Crippen LogP contribution in [0.15, 0.2) is 12.3 Å². The van der Waals surface area contributed by atoms with Crippen molar-refractivity contribution < 1.29 is 24.4 Å². The zero-order chi connectivity index (χ0) is 13.3. The number of aliphatic hydroxyl groups excluding tert-OH is 3. The fraction of sp³-hybridized carbons (Fsp3) is 0.800. The number of nitrogens with zero attached hydrogens (tertiary/aromatic N) is 1. The molecule has 0 spiro atoms. The quantitative estimate of drug-likeness (QED) is 0.389. The first-order valence-corrected chi connectivity index (χ1v) is 5.74. The van der Waals surface area contributed by atoms with Crippen molar-refractivity contribution in [1.29, 1.82) is 0 Å². The smallest absolute Gasteiger partial charge is 0.187 e. The summed E-state index contributed by atoms with van der Waals surface area (Å²) in [6.07, 6.45) is -2.61. The lowest BCUT2D eigenvalue weighted by Gasteiger charge is -2.36. The van der Waals surface area contributed by atoms with Gasteiger partial charge in [-0.3, -0.25) is 0 Å². The number of rotatable bonds is 3. The highest BCUT2D eigenvalue weighted by molar-refractivity contribution is 5.01. The average Bonchev–Trinajstić information content (AvgIpc) is 2.66. The summed E-state index contributed by atoms with van der Waals surface area (Å²) in [6.45, 7) is -0.313. The zero-order valence-corrected chi connectivity index (χ0v) is 9.90. The summed E-state index contributed by atoms with van der Waals surface area (Å²) in [5.41, 5.74) is 0. The zero-order valence-electron chi connectivity index (χ0n) is 9.90. The monoisotopic (exact) mass is 263 g/mol. The molecule has 0 aliphatic carbocycles. The molecule has 2 aliphatic rings. The first-order valence-electron chi connectivity index (χ1n) is 5.74. The lowest BCUT2D eigenvalue weighted by Crippen LogP contribution is -2.56. The van der Waals surface area contributed by atoms with Crippen molar-refractivity contribution in [3.8, 4) is 0 Å². The van der Waals surface area contributed by atoms with Gasteiger partial charge in [-0.25, -0.2) is 9.71 Å². The van der Waals surface area contributed by atoms with Gasteiger partial charge in [-0.1, -0.05) is 0 Å². The molecule has 1 fully saturated rings. The molecule has 0 saturated carbocycles. The molecule has 104 valence electrons. The van der Waals surface area contributed by atoms with Crippen LogP contribution in [0.3, 0.4) is 0 Å². The first-order chi connectivity index (χ1) is 8.58. The molecule has 0 radical (unpaired) electrons. The van der Waals surface area contributed by atoms with Crippen LogP contribution in [0.4, 0.5) is 4.39 Å². The maximum atomic E-state index is 14.2. The Morgan fingerprint density at radius 2 is 2.22 bits per heavy atom. The first kappa shape index (κ1) is 13.7. The van der Waals surface area contributed by atoms with E-state index >= 15 is 0 Å². The summed E-state index contributed by atoms with van der Waals surface area (Å²) >= 11 is 0. The third kappa shape index (κ3) is 2.35. The second kappa shape index (κ2) is 5.47. The van der Waals surface area contributed by atoms with Gasteiger partial charge in [-0.2, -0.15) is 0 Å². The Labute approximate surface area is 104 Å². The third-order valence-electron chi connectivity index (χ3n) is 3.18. The SMILES string of the molecule is CN[C@@H]1[C@H](F)C(N2C=CC(O)NC2O)O[C@@H]1CO. The van der Waals surface area contributed by atoms with E-state index in [1.165, 1.54) is 17.2 Å². The minimum Gasteiger partial charge on any atom is -0.394 e. The molecule has 18 heavy (non-hydrogen) atoms. The highest BCUT2D eigenvalue weighted by atomic mass is 19.1. The highest BCUT2D eigenvalue weighted by Gasteiger charge is 2.47. The van der Waals surface area contributed by atoms with Crippen molar-refractivity contribution in [2.24, 2.45) is 0 Å². The van der Waals surface area contributed by atoms with E-state index < -0.39 is 37.1 Å². The van der Waals surface area contributed by atoms with Crippen LogP contribution in [-0.4, -0.2) is 71.0 Å². The van der Waals surface area contributed by atoms with Gasteiger partial charge in [0.2, 0.25) is 0 Å². The minimum atomic E-state index is -1.41. The normalized spacial score (nSPS) is 44.6. The molecular weight excluding hydrogens is 245 g/mol. The molecule has 7 nitrogen and oxygen atoms in total. The number of alkyl halides is 1. The summed E-state index contributed by atoms with van der Waals surface area (Å²) in [5, 5.41) is 33.2. The fourth-order valence-corrected chi connectivity index (χ4v) is 2.24. The summed E-state index contributed by atoms with van der Waals surface area (Å²) < 4.78 is 19.5. The van der Waals surface area contributed by atoms with Crippen molar-refractivity contribution in [1.82, 2.24) is 15.5 Å². The molecule has 0 aromatic rings. The van der Waals surface area contributed by atoms with E-state index in [-0.39, 0.29) is 6.61 Å². The predicted octanol–water partition coefficient (Wildman–Crippen LogP) is -2.36. The van der Waals surface area contributed by atoms with Crippen LogP contribution in [-0.2, 0) is 4.74 Å². The number of hydrogen-bond acceptors (Lipinski definition) is 7. The summed E-state index contributed by atoms with van der Waals surface area (Å²) in [4.78, 5) is 1.22. The van der Waals surface area contributed by atoms with E-state index in [4.69, 9.17) is 9.84 Å². The molecule has 0 aromatic heterocycles. The second-order valence-electron chi connectivity index (χ2n) is 4.28. The standard InChI is InChI=1S/C10H18FN3O4/c1-12-8-5(4-15)18-9(7(8)11)14-3-2-6(16)13-10(14)17/h2-3,5-10,12-13,15-17H,4H2,1H3/t5-,6?,7+,8+,9?,10?/m1/s1. The Morgan fingerprint density at radius 3 is 2.72 bits per heavy atom. The Morgan fingerprint density at radius 1 is 1.50 bits per heavy atom. The van der Waals surface area contributed by atoms with E-state index in [9.17, 15) is 14.6 Å². The number of aliphatic hydroxyl groups is 3. The van der Waals surface area contributed by atoms with E-state index in [2.05, 4.69) is 10.6 Å². The molecule has 5 N–H and O–H groups in total. The van der Waals surface area contributed by atoms with Crippen molar-refractivity contribution in [2.75, 3.05) is 13.7 Å². The molecule has 2 rings (SSSR count). The van der Waals surface area contributed by atoms with E-state index in [1.54, 1.807) is 7.05 Å². The van der Waals surface area contributed by atoms with Crippen LogP contribution in [0.5, 0.6) is 0 Å². The van der Waals surface area contributed by atoms with Crippen LogP contribution in [0, 0.1) is 0 Å². The van der Waals surface area contributed by atoms with Crippen molar-refractivity contribution >= 4 is 0 Å². The Bertz CT molecular complexity index is 319. The van der Waals surface area contributed by atoms with Crippen LogP contribution in [0.2, 0.25) is 0 Å².